The van der Waals surface area contributed by atoms with Crippen LogP contribution in [0.5, 0.6) is 0 Å². The molecule has 2 fully saturated rings. The Morgan fingerprint density at radius 1 is 1.22 bits per heavy atom. The number of rotatable bonds is 4. The first-order valence-corrected chi connectivity index (χ1v) is 11.1. The molecular weight excluding hydrogens is 411 g/mol. The van der Waals surface area contributed by atoms with Crippen LogP contribution >= 0.6 is 0 Å². The molecule has 2 saturated carbocycles. The van der Waals surface area contributed by atoms with Gasteiger partial charge in [-0.15, -0.1) is 0 Å². The predicted molar refractivity (Wildman–Crippen MR) is 113 cm³/mol. The first kappa shape index (κ1) is 19.4. The number of alkyl halides is 1. The standard InChI is InChI=1S/C24H23FN4O3/c1-13-16-5-3-2-4-14(16)8-9-28(13)22(30)18-10-19(15-6-7-15)29-21(26-18)11-20(27-29)24(25)12-17(24)23(31)32/h2-5,10-11,13,15,17H,6-9,12H2,1H3,(H,31,32)/t13-,17?,24?/m1/s1. The van der Waals surface area contributed by atoms with E-state index in [0.29, 0.717) is 17.9 Å². The smallest absolute Gasteiger partial charge is 0.310 e. The van der Waals surface area contributed by atoms with Crippen molar-refractivity contribution in [1.82, 2.24) is 19.5 Å². The minimum Gasteiger partial charge on any atom is -0.481 e. The van der Waals surface area contributed by atoms with Crippen LogP contribution < -0.4 is 0 Å². The van der Waals surface area contributed by atoms with E-state index in [2.05, 4.69) is 22.2 Å². The first-order valence-electron chi connectivity index (χ1n) is 11.1. The summed E-state index contributed by atoms with van der Waals surface area (Å²) in [4.78, 5) is 31.1. The van der Waals surface area contributed by atoms with E-state index in [1.54, 1.807) is 10.6 Å². The number of benzene rings is 1. The molecule has 7 nitrogen and oxygen atoms in total. The van der Waals surface area contributed by atoms with Gasteiger partial charge in [-0.05, 0) is 43.4 Å². The van der Waals surface area contributed by atoms with E-state index in [4.69, 9.17) is 0 Å². The van der Waals surface area contributed by atoms with Crippen LogP contribution in [0.2, 0.25) is 0 Å². The van der Waals surface area contributed by atoms with Crippen LogP contribution in [-0.4, -0.2) is 43.0 Å². The molecule has 0 bridgehead atoms. The van der Waals surface area contributed by atoms with Crippen LogP contribution in [0, 0.1) is 5.92 Å². The van der Waals surface area contributed by atoms with Gasteiger partial charge in [-0.3, -0.25) is 9.59 Å². The molecule has 3 atom stereocenters. The lowest BCUT2D eigenvalue weighted by Gasteiger charge is -2.35. The second-order valence-corrected chi connectivity index (χ2v) is 9.22. The number of carbonyl (C=O) groups excluding carboxylic acids is 1. The molecule has 3 heterocycles. The Morgan fingerprint density at radius 2 is 2.00 bits per heavy atom. The van der Waals surface area contributed by atoms with E-state index in [9.17, 15) is 14.7 Å². The fourth-order valence-corrected chi connectivity index (χ4v) is 4.98. The van der Waals surface area contributed by atoms with E-state index in [-0.39, 0.29) is 30.0 Å². The molecule has 0 radical (unpaired) electrons. The van der Waals surface area contributed by atoms with Gasteiger partial charge in [0, 0.05) is 30.6 Å². The fourth-order valence-electron chi connectivity index (χ4n) is 4.98. The molecule has 1 aromatic carbocycles. The normalized spacial score (nSPS) is 26.8. The van der Waals surface area contributed by atoms with E-state index in [1.165, 1.54) is 11.6 Å². The summed E-state index contributed by atoms with van der Waals surface area (Å²) >= 11 is 0. The summed E-state index contributed by atoms with van der Waals surface area (Å²) in [5.41, 5.74) is 2.10. The molecule has 2 aliphatic carbocycles. The summed E-state index contributed by atoms with van der Waals surface area (Å²) in [6.07, 6.45) is 2.67. The van der Waals surface area contributed by atoms with Gasteiger partial charge < -0.3 is 10.0 Å². The number of carboxylic acid groups (broad SMARTS) is 1. The minimum absolute atomic E-state index is 0.0628. The number of aliphatic carboxylic acids is 1. The first-order chi connectivity index (χ1) is 15.4. The second-order valence-electron chi connectivity index (χ2n) is 9.22. The molecule has 0 saturated heterocycles. The number of carboxylic acids is 1. The number of amides is 1. The van der Waals surface area contributed by atoms with E-state index >= 15 is 4.39 Å². The molecule has 2 unspecified atom stereocenters. The van der Waals surface area contributed by atoms with Crippen molar-refractivity contribution in [3.8, 4) is 0 Å². The van der Waals surface area contributed by atoms with Crippen molar-refractivity contribution in [2.75, 3.05) is 6.54 Å². The lowest BCUT2D eigenvalue weighted by atomic mass is 9.93. The molecule has 164 valence electrons. The molecule has 8 heteroatoms. The zero-order valence-corrected chi connectivity index (χ0v) is 17.7. The molecule has 0 spiro atoms. The number of aromatic nitrogens is 3. The Morgan fingerprint density at radius 3 is 2.72 bits per heavy atom. The highest BCUT2D eigenvalue weighted by Crippen LogP contribution is 2.55. The van der Waals surface area contributed by atoms with Gasteiger partial charge in [-0.25, -0.2) is 13.9 Å². The van der Waals surface area contributed by atoms with Crippen molar-refractivity contribution in [3.63, 3.8) is 0 Å². The van der Waals surface area contributed by atoms with E-state index < -0.39 is 17.6 Å². The molecule has 2 aromatic heterocycles. The Bertz CT molecular complexity index is 1280. The molecule has 3 aromatic rings. The van der Waals surface area contributed by atoms with Crippen molar-refractivity contribution in [3.05, 3.63) is 64.6 Å². The molecule has 1 aliphatic heterocycles. The summed E-state index contributed by atoms with van der Waals surface area (Å²) in [5.74, 6) is -2.13. The number of fused-ring (bicyclic) bond motifs is 2. The largest absolute Gasteiger partial charge is 0.481 e. The predicted octanol–water partition coefficient (Wildman–Crippen LogP) is 3.64. The molecule has 6 rings (SSSR count). The number of hydrogen-bond acceptors (Lipinski definition) is 4. The maximum Gasteiger partial charge on any atom is 0.310 e. The monoisotopic (exact) mass is 434 g/mol. The maximum atomic E-state index is 15.1. The zero-order valence-electron chi connectivity index (χ0n) is 17.7. The lowest BCUT2D eigenvalue weighted by Crippen LogP contribution is -2.39. The highest BCUT2D eigenvalue weighted by atomic mass is 19.1. The van der Waals surface area contributed by atoms with Crippen LogP contribution in [0.3, 0.4) is 0 Å². The average molecular weight is 434 g/mol. The molecule has 32 heavy (non-hydrogen) atoms. The van der Waals surface area contributed by atoms with Crippen LogP contribution in [0.4, 0.5) is 4.39 Å². The van der Waals surface area contributed by atoms with Crippen molar-refractivity contribution >= 4 is 17.5 Å². The molecule has 1 N–H and O–H groups in total. The third-order valence-electron chi connectivity index (χ3n) is 7.14. The van der Waals surface area contributed by atoms with Crippen molar-refractivity contribution in [1.29, 1.82) is 0 Å². The maximum absolute atomic E-state index is 15.1. The van der Waals surface area contributed by atoms with Crippen LogP contribution in [0.15, 0.2) is 36.4 Å². The minimum atomic E-state index is -1.96. The number of hydrogen-bond donors (Lipinski definition) is 1. The van der Waals surface area contributed by atoms with Gasteiger partial charge in [0.25, 0.3) is 5.91 Å². The van der Waals surface area contributed by atoms with Gasteiger partial charge in [0.15, 0.2) is 11.3 Å². The van der Waals surface area contributed by atoms with Crippen LogP contribution in [0.25, 0.3) is 5.65 Å². The second kappa shape index (κ2) is 6.60. The summed E-state index contributed by atoms with van der Waals surface area (Å²) in [5, 5.41) is 13.6. The molecular formula is C24H23FN4O3. The van der Waals surface area contributed by atoms with Gasteiger partial charge in [0.2, 0.25) is 0 Å². The molecule has 3 aliphatic rings. The third kappa shape index (κ3) is 2.85. The highest BCUT2D eigenvalue weighted by Gasteiger charge is 2.63. The highest BCUT2D eigenvalue weighted by molar-refractivity contribution is 5.93. The number of halogens is 1. The topological polar surface area (TPSA) is 87.8 Å². The lowest BCUT2D eigenvalue weighted by molar-refractivity contribution is -0.139. The van der Waals surface area contributed by atoms with E-state index in [1.807, 2.05) is 24.0 Å². The average Bonchev–Trinajstić information content (AvgIpc) is 3.70. The van der Waals surface area contributed by atoms with Crippen molar-refractivity contribution < 1.29 is 19.1 Å². The van der Waals surface area contributed by atoms with Gasteiger partial charge >= 0.3 is 5.97 Å². The van der Waals surface area contributed by atoms with Gasteiger partial charge in [0.05, 0.1) is 12.0 Å². The fraction of sp³-hybridized carbons (Fsp3) is 0.417. The van der Waals surface area contributed by atoms with Gasteiger partial charge in [-0.2, -0.15) is 5.10 Å². The SMILES string of the molecule is C[C@@H]1c2ccccc2CCN1C(=O)c1cc(C2CC2)n2nc(C3(F)CC3C(=O)O)cc2n1. The zero-order chi connectivity index (χ0) is 22.2. The summed E-state index contributed by atoms with van der Waals surface area (Å²) in [6, 6.07) is 11.4. The Kier molecular flexibility index (Phi) is 4.00. The Balaban J connectivity index is 1.38. The van der Waals surface area contributed by atoms with Gasteiger partial charge in [-0.1, -0.05) is 24.3 Å². The van der Waals surface area contributed by atoms with Crippen LogP contribution in [-0.2, 0) is 16.9 Å². The quantitative estimate of drug-likeness (QED) is 0.678. The van der Waals surface area contributed by atoms with Gasteiger partial charge in [0.1, 0.15) is 11.4 Å². The summed E-state index contributed by atoms with van der Waals surface area (Å²) in [6.45, 7) is 2.64. The van der Waals surface area contributed by atoms with Crippen molar-refractivity contribution in [2.24, 2.45) is 5.92 Å². The summed E-state index contributed by atoms with van der Waals surface area (Å²) < 4.78 is 16.7. The van der Waals surface area contributed by atoms with Crippen molar-refractivity contribution in [2.45, 2.75) is 50.2 Å². The number of carbonyl (C=O) groups is 2. The Labute approximate surface area is 183 Å². The summed E-state index contributed by atoms with van der Waals surface area (Å²) in [7, 11) is 0. The molecule has 1 amide bonds. The van der Waals surface area contributed by atoms with E-state index in [0.717, 1.165) is 30.5 Å². The van der Waals surface area contributed by atoms with Crippen LogP contribution in [0.1, 0.15) is 71.1 Å². The number of nitrogens with zero attached hydrogens (tertiary/aromatic N) is 4. The third-order valence-corrected chi connectivity index (χ3v) is 7.14. The Hall–Kier alpha value is -3.29.